The second-order valence-electron chi connectivity index (χ2n) is 8.74. The number of ether oxygens (including phenoxy) is 1. The van der Waals surface area contributed by atoms with Gasteiger partial charge in [-0.25, -0.2) is 9.37 Å². The number of nitrogens with zero attached hydrogens (tertiary/aromatic N) is 4. The van der Waals surface area contributed by atoms with Crippen LogP contribution in [0.5, 0.6) is 5.75 Å². The summed E-state index contributed by atoms with van der Waals surface area (Å²) in [6.07, 6.45) is 2.42. The number of nitrogens with one attached hydrogen (secondary N) is 1. The van der Waals surface area contributed by atoms with Crippen LogP contribution in [0.25, 0.3) is 0 Å². The zero-order chi connectivity index (χ0) is 26.1. The minimum atomic E-state index is -0.572. The molecule has 1 fully saturated rings. The number of halogens is 4. The monoisotopic (exact) mass is 550 g/mol. The van der Waals surface area contributed by atoms with E-state index < -0.39 is 11.9 Å². The van der Waals surface area contributed by atoms with E-state index in [1.807, 2.05) is 11.9 Å². The number of anilines is 2. The summed E-state index contributed by atoms with van der Waals surface area (Å²) in [7, 11) is 2.03. The largest absolute Gasteiger partial charge is 0.484 e. The summed E-state index contributed by atoms with van der Waals surface area (Å²) in [4.78, 5) is 12.5. The van der Waals surface area contributed by atoms with Gasteiger partial charge in [-0.2, -0.15) is 0 Å². The van der Waals surface area contributed by atoms with E-state index in [0.717, 1.165) is 13.1 Å². The molecular formula is C25H26Cl3FN6O. The fourth-order valence-electron chi connectivity index (χ4n) is 4.05. The summed E-state index contributed by atoms with van der Waals surface area (Å²) in [5, 5.41) is 9.72. The highest BCUT2D eigenvalue weighted by atomic mass is 35.5. The molecule has 3 aromatic rings. The number of hydrogen-bond acceptors (Lipinski definition) is 7. The number of likely N-dealkylation sites (N-methyl/N-ethyl adjacent to an activating group) is 1. The third-order valence-corrected chi connectivity index (χ3v) is 7.25. The normalized spacial score (nSPS) is 15.1. The molecule has 1 aliphatic rings. The fourth-order valence-corrected chi connectivity index (χ4v) is 4.92. The lowest BCUT2D eigenvalue weighted by Crippen LogP contribution is -2.45. The number of pyridine rings is 2. The maximum Gasteiger partial charge on any atom is 0.166 e. The molecule has 0 spiro atoms. The van der Waals surface area contributed by atoms with E-state index in [1.165, 1.54) is 24.5 Å². The van der Waals surface area contributed by atoms with Gasteiger partial charge in [-0.15, -0.1) is 0 Å². The van der Waals surface area contributed by atoms with Gasteiger partial charge in [-0.05, 0) is 39.1 Å². The number of hydrogen-bond donors (Lipinski definition) is 2. The lowest BCUT2D eigenvalue weighted by atomic mass is 10.0. The van der Waals surface area contributed by atoms with Gasteiger partial charge in [-0.1, -0.05) is 34.8 Å². The molecule has 0 aliphatic carbocycles. The first-order valence-electron chi connectivity index (χ1n) is 11.3. The van der Waals surface area contributed by atoms with E-state index in [1.54, 1.807) is 19.9 Å². The van der Waals surface area contributed by atoms with Crippen molar-refractivity contribution in [1.82, 2.24) is 14.9 Å². The molecule has 3 N–H and O–H groups in total. The van der Waals surface area contributed by atoms with Crippen LogP contribution >= 0.6 is 34.8 Å². The van der Waals surface area contributed by atoms with Crippen LogP contribution in [0.3, 0.4) is 0 Å². The van der Waals surface area contributed by atoms with Gasteiger partial charge in [0.05, 0.1) is 26.5 Å². The number of aromatic nitrogens is 2. The Kier molecular flexibility index (Phi) is 7.90. The van der Waals surface area contributed by atoms with E-state index in [4.69, 9.17) is 50.7 Å². The van der Waals surface area contributed by atoms with Gasteiger partial charge in [0, 0.05) is 61.0 Å². The van der Waals surface area contributed by atoms with Crippen molar-refractivity contribution < 1.29 is 9.13 Å². The predicted octanol–water partition coefficient (Wildman–Crippen LogP) is 5.77. The van der Waals surface area contributed by atoms with Crippen LogP contribution in [0, 0.1) is 18.2 Å². The number of piperazine rings is 1. The molecule has 11 heteroatoms. The molecule has 1 atom stereocenters. The molecule has 4 rings (SSSR count). The molecule has 2 aromatic heterocycles. The Morgan fingerprint density at radius 3 is 2.44 bits per heavy atom. The first-order chi connectivity index (χ1) is 17.1. The Hall–Kier alpha value is -2.65. The Morgan fingerprint density at radius 1 is 1.08 bits per heavy atom. The van der Waals surface area contributed by atoms with Crippen LogP contribution in [-0.4, -0.2) is 53.8 Å². The highest BCUT2D eigenvalue weighted by Crippen LogP contribution is 2.38. The molecule has 190 valence electrons. The van der Waals surface area contributed by atoms with Gasteiger partial charge in [-0.3, -0.25) is 10.4 Å². The maximum atomic E-state index is 15.0. The fraction of sp³-hybridized carbons (Fsp3) is 0.320. The van der Waals surface area contributed by atoms with E-state index in [-0.39, 0.29) is 33.6 Å². The molecule has 3 heterocycles. The smallest absolute Gasteiger partial charge is 0.166 e. The van der Waals surface area contributed by atoms with Crippen LogP contribution in [0.15, 0.2) is 30.6 Å². The van der Waals surface area contributed by atoms with Crippen molar-refractivity contribution in [1.29, 1.82) is 5.41 Å². The first kappa shape index (κ1) is 26.4. The highest BCUT2D eigenvalue weighted by molar-refractivity contribution is 6.36. The molecule has 0 bridgehead atoms. The summed E-state index contributed by atoms with van der Waals surface area (Å²) >= 11 is 19.1. The zero-order valence-corrected chi connectivity index (χ0v) is 22.3. The topological polar surface area (TPSA) is 91.4 Å². The average molecular weight is 552 g/mol. The van der Waals surface area contributed by atoms with Crippen molar-refractivity contribution in [2.45, 2.75) is 20.0 Å². The lowest BCUT2D eigenvalue weighted by Gasteiger charge is -2.33. The molecule has 7 nitrogen and oxygen atoms in total. The molecule has 0 radical (unpaired) electrons. The molecule has 1 aromatic carbocycles. The Balaban J connectivity index is 1.61. The van der Waals surface area contributed by atoms with E-state index in [9.17, 15) is 4.39 Å². The van der Waals surface area contributed by atoms with Gasteiger partial charge in [0.1, 0.15) is 11.9 Å². The summed E-state index contributed by atoms with van der Waals surface area (Å²) < 4.78 is 21.1. The number of nitrogens with two attached hydrogens (primary N) is 1. The molecule has 36 heavy (non-hydrogen) atoms. The molecule has 1 aliphatic heterocycles. The summed E-state index contributed by atoms with van der Waals surface area (Å²) in [5.74, 6) is 0.0713. The Bertz CT molecular complexity index is 1310. The van der Waals surface area contributed by atoms with Crippen molar-refractivity contribution in [2.24, 2.45) is 0 Å². The van der Waals surface area contributed by atoms with Crippen LogP contribution in [0.4, 0.5) is 15.9 Å². The zero-order valence-electron chi connectivity index (χ0n) is 20.1. The van der Waals surface area contributed by atoms with E-state index >= 15 is 0 Å². The number of rotatable bonds is 6. The van der Waals surface area contributed by atoms with Gasteiger partial charge in [0.2, 0.25) is 0 Å². The summed E-state index contributed by atoms with van der Waals surface area (Å²) in [6.45, 7) is 6.58. The third kappa shape index (κ3) is 5.37. The number of nitrogen functional groups attached to an aromatic ring is 1. The first-order valence-corrected chi connectivity index (χ1v) is 12.4. The van der Waals surface area contributed by atoms with Crippen molar-refractivity contribution in [3.05, 3.63) is 73.9 Å². The number of aryl methyl sites for hydroxylation is 1. The van der Waals surface area contributed by atoms with Crippen molar-refractivity contribution in [3.63, 3.8) is 0 Å². The van der Waals surface area contributed by atoms with Crippen LogP contribution < -0.4 is 15.4 Å². The van der Waals surface area contributed by atoms with Crippen molar-refractivity contribution >= 4 is 52.0 Å². The average Bonchev–Trinajstić information content (AvgIpc) is 2.83. The molecule has 0 amide bonds. The predicted molar refractivity (Wildman–Crippen MR) is 144 cm³/mol. The molecule has 1 saturated heterocycles. The van der Waals surface area contributed by atoms with Crippen LogP contribution in [-0.2, 0) is 0 Å². The van der Waals surface area contributed by atoms with Gasteiger partial charge >= 0.3 is 0 Å². The van der Waals surface area contributed by atoms with Crippen LogP contribution in [0.2, 0.25) is 15.1 Å². The highest BCUT2D eigenvalue weighted by Gasteiger charge is 2.23. The van der Waals surface area contributed by atoms with Gasteiger partial charge < -0.3 is 20.3 Å². The van der Waals surface area contributed by atoms with Gasteiger partial charge in [0.25, 0.3) is 0 Å². The quantitative estimate of drug-likeness (QED) is 0.298. The van der Waals surface area contributed by atoms with Crippen LogP contribution in [0.1, 0.15) is 35.4 Å². The minimum Gasteiger partial charge on any atom is -0.484 e. The molecule has 0 saturated carbocycles. The number of benzene rings is 1. The second-order valence-corrected chi connectivity index (χ2v) is 9.94. The van der Waals surface area contributed by atoms with Gasteiger partial charge in [0.15, 0.2) is 11.6 Å². The Morgan fingerprint density at radius 2 is 1.78 bits per heavy atom. The van der Waals surface area contributed by atoms with E-state index in [0.29, 0.717) is 40.0 Å². The van der Waals surface area contributed by atoms with E-state index in [2.05, 4.69) is 14.9 Å². The third-order valence-electron chi connectivity index (χ3n) is 6.18. The molecule has 0 unspecified atom stereocenters. The Labute approximate surface area is 224 Å². The summed E-state index contributed by atoms with van der Waals surface area (Å²) in [6, 6.07) is 4.36. The molecular weight excluding hydrogens is 526 g/mol. The maximum absolute atomic E-state index is 15.0. The summed E-state index contributed by atoms with van der Waals surface area (Å²) in [5.41, 5.74) is 8.23. The minimum absolute atomic E-state index is 0.00572. The van der Waals surface area contributed by atoms with Crippen molar-refractivity contribution in [2.75, 3.05) is 43.9 Å². The SMILES string of the molecule is Cc1ncc(Cl)c([C@@H](C)Oc2cc(C(=N)c3cnc(N4CCN(C)CC4)c(F)c3)c(N)cc2Cl)c1Cl. The second kappa shape index (κ2) is 10.8. The standard InChI is InChI=1S/C25H26Cl3FN6O/c1-13-23(28)22(18(27)12-32-13)14(2)36-21-9-16(20(30)10-17(21)26)24(31)15-8-19(29)25(33-11-15)35-6-4-34(3)5-7-35/h8-12,14,31H,4-7,30H2,1-3H3/t14-/m1/s1. The van der Waals surface area contributed by atoms with Crippen molar-refractivity contribution in [3.8, 4) is 5.75 Å². The lowest BCUT2D eigenvalue weighted by molar-refractivity contribution is 0.227.